The molecule has 51 heavy (non-hydrogen) atoms. The molecule has 1 heteroatoms. The van der Waals surface area contributed by atoms with Gasteiger partial charge in [0, 0.05) is 22.5 Å². The Morgan fingerprint density at radius 3 is 1.29 bits per heavy atom. The summed E-state index contributed by atoms with van der Waals surface area (Å²) in [6, 6.07) is 66.0. The van der Waals surface area contributed by atoms with Gasteiger partial charge in [-0.05, 0) is 114 Å². The Labute approximate surface area is 299 Å². The van der Waals surface area contributed by atoms with E-state index in [2.05, 4.69) is 195 Å². The lowest BCUT2D eigenvalue weighted by molar-refractivity contribution is 0.660. The smallest absolute Gasteiger partial charge is 0.0726 e. The van der Waals surface area contributed by atoms with Gasteiger partial charge in [-0.15, -0.1) is 0 Å². The van der Waals surface area contributed by atoms with E-state index in [9.17, 15) is 0 Å². The van der Waals surface area contributed by atoms with Gasteiger partial charge >= 0.3 is 0 Å². The molecule has 8 aromatic carbocycles. The fraction of sp³-hybridized carbons (Fsp3) is 0.0800. The first-order chi connectivity index (χ1) is 25.0. The average molecular weight is 650 g/mol. The Hall–Kier alpha value is -6.18. The number of rotatable bonds is 3. The number of hydrogen-bond acceptors (Lipinski definition) is 1. The van der Waals surface area contributed by atoms with Crippen LogP contribution in [0.3, 0.4) is 0 Å². The Bertz CT molecular complexity index is 2680. The van der Waals surface area contributed by atoms with Gasteiger partial charge in [-0.2, -0.15) is 0 Å². The number of anilines is 3. The second-order valence-corrected chi connectivity index (χ2v) is 14.9. The maximum absolute atomic E-state index is 2.50. The summed E-state index contributed by atoms with van der Waals surface area (Å²) in [4.78, 5) is 2.48. The Kier molecular flexibility index (Phi) is 5.72. The van der Waals surface area contributed by atoms with E-state index >= 15 is 0 Å². The zero-order chi connectivity index (χ0) is 33.9. The Morgan fingerprint density at radius 2 is 0.706 bits per heavy atom. The van der Waals surface area contributed by atoms with Gasteiger partial charge in [0.2, 0.25) is 0 Å². The normalized spacial score (nSPS) is 14.8. The lowest BCUT2D eigenvalue weighted by atomic mass is 9.70. The molecule has 1 nitrogen and oxygen atoms in total. The minimum absolute atomic E-state index is 0.0993. The van der Waals surface area contributed by atoms with Crippen LogP contribution in [0.4, 0.5) is 17.1 Å². The topological polar surface area (TPSA) is 3.24 Å². The highest BCUT2D eigenvalue weighted by atomic mass is 15.1. The standard InChI is InChI=1S/C50H35N/c1-49(2)43-19-9-5-15-37(43)41-27-25-35(30-47(41)49)51(34-24-23-32-13-3-4-14-33(32)29-34)36-26-28-42-40-18-8-12-22-46(40)50(48(42)31-36)44-20-10-6-16-38(44)39-17-7-11-21-45(39)50/h3-31H,1-2H3. The van der Waals surface area contributed by atoms with Gasteiger partial charge in [-0.3, -0.25) is 0 Å². The fourth-order valence-corrected chi connectivity index (χ4v) is 9.82. The highest BCUT2D eigenvalue weighted by Gasteiger charge is 2.51. The van der Waals surface area contributed by atoms with E-state index in [1.807, 2.05) is 0 Å². The molecule has 0 bridgehead atoms. The second-order valence-electron chi connectivity index (χ2n) is 14.9. The highest BCUT2D eigenvalue weighted by molar-refractivity contribution is 5.97. The number of nitrogens with zero attached hydrogens (tertiary/aromatic N) is 1. The zero-order valence-electron chi connectivity index (χ0n) is 28.7. The Morgan fingerprint density at radius 1 is 0.314 bits per heavy atom. The van der Waals surface area contributed by atoms with Crippen molar-refractivity contribution in [3.05, 3.63) is 209 Å². The average Bonchev–Trinajstić information content (AvgIpc) is 3.73. The number of benzene rings is 8. The molecule has 0 radical (unpaired) electrons. The second kappa shape index (κ2) is 10.2. The molecule has 240 valence electrons. The first-order valence-corrected chi connectivity index (χ1v) is 18.0. The van der Waals surface area contributed by atoms with Crippen LogP contribution in [-0.4, -0.2) is 0 Å². The van der Waals surface area contributed by atoms with Gasteiger partial charge in [0.1, 0.15) is 0 Å². The van der Waals surface area contributed by atoms with Crippen LogP contribution in [0.2, 0.25) is 0 Å². The van der Waals surface area contributed by atoms with Crippen LogP contribution in [0.1, 0.15) is 47.2 Å². The molecule has 0 aromatic heterocycles. The summed E-state index contributed by atoms with van der Waals surface area (Å²) < 4.78 is 0. The molecule has 0 amide bonds. The quantitative estimate of drug-likeness (QED) is 0.184. The molecule has 0 atom stereocenters. The van der Waals surface area contributed by atoms with E-state index in [4.69, 9.17) is 0 Å². The molecule has 3 aliphatic rings. The summed E-state index contributed by atoms with van der Waals surface area (Å²) in [5, 5.41) is 2.48. The Balaban J connectivity index is 1.18. The third kappa shape index (κ3) is 3.71. The third-order valence-electron chi connectivity index (χ3n) is 12.1. The first kappa shape index (κ1) is 28.6. The molecule has 3 aliphatic carbocycles. The molecular formula is C50H35N. The summed E-state index contributed by atoms with van der Waals surface area (Å²) in [5.74, 6) is 0. The van der Waals surface area contributed by atoms with Crippen molar-refractivity contribution in [3.63, 3.8) is 0 Å². The van der Waals surface area contributed by atoms with Crippen molar-refractivity contribution in [2.75, 3.05) is 4.90 Å². The molecule has 1 spiro atoms. The van der Waals surface area contributed by atoms with Crippen LogP contribution in [0, 0.1) is 0 Å². The van der Waals surface area contributed by atoms with E-state index in [-0.39, 0.29) is 5.41 Å². The van der Waals surface area contributed by atoms with Crippen LogP contribution in [-0.2, 0) is 10.8 Å². The fourth-order valence-electron chi connectivity index (χ4n) is 9.82. The lowest BCUT2D eigenvalue weighted by Crippen LogP contribution is -2.26. The predicted molar refractivity (Wildman–Crippen MR) is 212 cm³/mol. The van der Waals surface area contributed by atoms with Crippen molar-refractivity contribution < 1.29 is 0 Å². The lowest BCUT2D eigenvalue weighted by Gasteiger charge is -2.32. The van der Waals surface area contributed by atoms with Crippen molar-refractivity contribution in [2.24, 2.45) is 0 Å². The van der Waals surface area contributed by atoms with Crippen molar-refractivity contribution in [1.82, 2.24) is 0 Å². The van der Waals surface area contributed by atoms with Crippen LogP contribution in [0.25, 0.3) is 44.2 Å². The minimum Gasteiger partial charge on any atom is -0.310 e. The summed E-state index contributed by atoms with van der Waals surface area (Å²) in [6.45, 7) is 4.74. The summed E-state index contributed by atoms with van der Waals surface area (Å²) in [5.41, 5.74) is 19.1. The summed E-state index contributed by atoms with van der Waals surface area (Å²) >= 11 is 0. The van der Waals surface area contributed by atoms with Gasteiger partial charge in [-0.25, -0.2) is 0 Å². The van der Waals surface area contributed by atoms with Gasteiger partial charge in [-0.1, -0.05) is 153 Å². The van der Waals surface area contributed by atoms with E-state index < -0.39 is 5.41 Å². The van der Waals surface area contributed by atoms with Crippen molar-refractivity contribution in [1.29, 1.82) is 0 Å². The molecule has 0 saturated carbocycles. The SMILES string of the molecule is CC1(C)c2ccccc2-c2ccc(N(c3ccc4c(c3)C3(c5ccccc5-c5ccccc53)c3ccccc3-4)c3ccc4ccccc4c3)cc21. The van der Waals surface area contributed by atoms with Crippen molar-refractivity contribution in [2.45, 2.75) is 24.7 Å². The summed E-state index contributed by atoms with van der Waals surface area (Å²) in [7, 11) is 0. The van der Waals surface area contributed by atoms with Crippen molar-refractivity contribution >= 4 is 27.8 Å². The third-order valence-corrected chi connectivity index (χ3v) is 12.1. The maximum Gasteiger partial charge on any atom is 0.0726 e. The maximum atomic E-state index is 2.50. The van der Waals surface area contributed by atoms with E-state index in [1.54, 1.807) is 0 Å². The van der Waals surface area contributed by atoms with E-state index in [0.717, 1.165) is 11.4 Å². The van der Waals surface area contributed by atoms with Crippen LogP contribution >= 0.6 is 0 Å². The van der Waals surface area contributed by atoms with Crippen LogP contribution in [0.15, 0.2) is 176 Å². The van der Waals surface area contributed by atoms with E-state index in [0.29, 0.717) is 0 Å². The molecule has 0 aliphatic heterocycles. The van der Waals surface area contributed by atoms with Crippen molar-refractivity contribution in [3.8, 4) is 33.4 Å². The molecule has 0 heterocycles. The predicted octanol–water partition coefficient (Wildman–Crippen LogP) is 13.0. The molecule has 8 aromatic rings. The summed E-state index contributed by atoms with van der Waals surface area (Å²) in [6.07, 6.45) is 0. The molecule has 0 N–H and O–H groups in total. The molecule has 11 rings (SSSR count). The molecule has 0 fully saturated rings. The van der Waals surface area contributed by atoms with Gasteiger partial charge in [0.15, 0.2) is 0 Å². The van der Waals surface area contributed by atoms with E-state index in [1.165, 1.54) is 83.2 Å². The number of hydrogen-bond donors (Lipinski definition) is 0. The highest BCUT2D eigenvalue weighted by Crippen LogP contribution is 2.63. The molecular weight excluding hydrogens is 615 g/mol. The van der Waals surface area contributed by atoms with Gasteiger partial charge < -0.3 is 4.90 Å². The van der Waals surface area contributed by atoms with Crippen LogP contribution < -0.4 is 4.90 Å². The largest absolute Gasteiger partial charge is 0.310 e. The monoisotopic (exact) mass is 649 g/mol. The first-order valence-electron chi connectivity index (χ1n) is 18.0. The zero-order valence-corrected chi connectivity index (χ0v) is 28.7. The number of fused-ring (bicyclic) bond motifs is 14. The minimum atomic E-state index is -0.397. The van der Waals surface area contributed by atoms with Gasteiger partial charge in [0.05, 0.1) is 5.41 Å². The van der Waals surface area contributed by atoms with Gasteiger partial charge in [0.25, 0.3) is 0 Å². The van der Waals surface area contributed by atoms with Crippen LogP contribution in [0.5, 0.6) is 0 Å². The molecule has 0 unspecified atom stereocenters. The molecule has 0 saturated heterocycles.